The topological polar surface area (TPSA) is 123 Å². The van der Waals surface area contributed by atoms with Gasteiger partial charge in [0.2, 0.25) is 5.88 Å². The molecule has 3 rings (SSSR count). The van der Waals surface area contributed by atoms with Crippen LogP contribution >= 0.6 is 11.6 Å². The highest BCUT2D eigenvalue weighted by molar-refractivity contribution is 7.91. The summed E-state index contributed by atoms with van der Waals surface area (Å²) in [5.41, 5.74) is -4.12. The number of carbonyl (C=O) groups is 1. The van der Waals surface area contributed by atoms with E-state index in [4.69, 9.17) is 11.6 Å². The highest BCUT2D eigenvalue weighted by Crippen LogP contribution is 2.42. The summed E-state index contributed by atoms with van der Waals surface area (Å²) in [6.07, 6.45) is -3.30. The second-order valence-corrected chi connectivity index (χ2v) is 13.6. The first-order valence-corrected chi connectivity index (χ1v) is 15.1. The van der Waals surface area contributed by atoms with Gasteiger partial charge in [-0.15, -0.1) is 0 Å². The Morgan fingerprint density at radius 2 is 1.88 bits per heavy atom. The molecule has 0 saturated heterocycles. The third-order valence-electron chi connectivity index (χ3n) is 7.22. The molecule has 9 nitrogen and oxygen atoms in total. The zero-order chi connectivity index (χ0) is 31.0. The van der Waals surface area contributed by atoms with E-state index >= 15 is 0 Å². The van der Waals surface area contributed by atoms with E-state index in [0.29, 0.717) is 0 Å². The van der Waals surface area contributed by atoms with Gasteiger partial charge < -0.3 is 15.2 Å². The smallest absolute Gasteiger partial charge is 0.394 e. The molecule has 16 heteroatoms. The number of hydrogen-bond donors (Lipinski definition) is 2. The van der Waals surface area contributed by atoms with E-state index in [1.807, 2.05) is 0 Å². The van der Waals surface area contributed by atoms with Crippen LogP contribution in [0.5, 0.6) is 5.88 Å². The van der Waals surface area contributed by atoms with Crippen molar-refractivity contribution in [2.75, 3.05) is 12.8 Å². The number of nitrogens with one attached hydrogen (secondary N) is 1. The molecule has 1 fully saturated rings. The van der Waals surface area contributed by atoms with Gasteiger partial charge >= 0.3 is 12.8 Å². The normalized spacial score (nSPS) is 20.3. The van der Waals surface area contributed by atoms with Crippen LogP contribution in [0, 0.1) is 5.41 Å². The van der Waals surface area contributed by atoms with E-state index in [1.54, 1.807) is 6.92 Å². The summed E-state index contributed by atoms with van der Waals surface area (Å²) in [5, 5.41) is 16.7. The number of nitrogens with zero attached hydrogens (tertiary/aromatic N) is 3. The number of halogens is 6. The van der Waals surface area contributed by atoms with E-state index in [9.17, 15) is 40.3 Å². The molecule has 230 valence electrons. The largest absolute Gasteiger partial charge is 0.416 e. The van der Waals surface area contributed by atoms with Crippen LogP contribution in [0.4, 0.5) is 22.0 Å². The van der Waals surface area contributed by atoms with Gasteiger partial charge in [-0.1, -0.05) is 25.4 Å². The first-order chi connectivity index (χ1) is 18.8. The second kappa shape index (κ2) is 12.0. The molecule has 2 heterocycles. The van der Waals surface area contributed by atoms with Crippen LogP contribution in [0.3, 0.4) is 0 Å². The number of rotatable bonds is 10. The van der Waals surface area contributed by atoms with Crippen molar-refractivity contribution in [1.82, 2.24) is 20.1 Å². The zero-order valence-electron chi connectivity index (χ0n) is 22.9. The number of aryl methyl sites for hydroxylation is 1. The Bertz CT molecular complexity index is 1370. The Morgan fingerprint density at radius 3 is 2.39 bits per heavy atom. The number of aromatic nitrogens is 3. The standard InChI is InChI=1S/C25H32ClF5N4O5S/c1-5-35-19(16-7-6-14(33-21(16)40-22(27)28)12-23(2,3)25(29,30)31)17(26)18(34-35)20(36)32-13-24(37)10-8-15(9-11-24)41(4,38)39/h6-7,15,22,37H,5,8-13H2,1-4H3,(H,32,36). The lowest BCUT2D eigenvalue weighted by Crippen LogP contribution is -2.47. The van der Waals surface area contributed by atoms with Gasteiger partial charge in [-0.05, 0) is 44.7 Å². The molecule has 0 bridgehead atoms. The van der Waals surface area contributed by atoms with Crippen LogP contribution in [0.1, 0.15) is 62.6 Å². The van der Waals surface area contributed by atoms with Crippen molar-refractivity contribution in [2.45, 2.75) is 83.1 Å². The van der Waals surface area contributed by atoms with Crippen molar-refractivity contribution in [3.63, 3.8) is 0 Å². The summed E-state index contributed by atoms with van der Waals surface area (Å²) in [7, 11) is -3.26. The van der Waals surface area contributed by atoms with Gasteiger partial charge in [-0.2, -0.15) is 27.1 Å². The van der Waals surface area contributed by atoms with Crippen LogP contribution in [0.25, 0.3) is 11.3 Å². The molecule has 1 amide bonds. The van der Waals surface area contributed by atoms with E-state index in [2.05, 4.69) is 20.1 Å². The molecule has 1 aliphatic rings. The van der Waals surface area contributed by atoms with E-state index in [1.165, 1.54) is 16.8 Å². The van der Waals surface area contributed by atoms with Crippen molar-refractivity contribution in [3.05, 3.63) is 28.5 Å². The quantitative estimate of drug-likeness (QED) is 0.362. The van der Waals surface area contributed by atoms with E-state index in [-0.39, 0.29) is 66.4 Å². The van der Waals surface area contributed by atoms with Gasteiger partial charge in [-0.25, -0.2) is 13.4 Å². The van der Waals surface area contributed by atoms with Crippen molar-refractivity contribution in [3.8, 4) is 17.1 Å². The van der Waals surface area contributed by atoms with E-state index in [0.717, 1.165) is 20.1 Å². The molecule has 1 saturated carbocycles. The maximum absolute atomic E-state index is 13.4. The number of amides is 1. The molecule has 2 N–H and O–H groups in total. The molecular weight excluding hydrogens is 599 g/mol. The maximum atomic E-state index is 13.4. The summed E-state index contributed by atoms with van der Waals surface area (Å²) in [5.74, 6) is -1.47. The number of carbonyl (C=O) groups excluding carboxylic acids is 1. The number of alkyl halides is 5. The molecule has 0 spiro atoms. The van der Waals surface area contributed by atoms with Crippen molar-refractivity contribution in [1.29, 1.82) is 0 Å². The molecule has 0 atom stereocenters. The number of sulfone groups is 1. The van der Waals surface area contributed by atoms with Crippen LogP contribution in [0.2, 0.25) is 5.02 Å². The average molecular weight is 631 g/mol. The van der Waals surface area contributed by atoms with Gasteiger partial charge in [0, 0.05) is 31.5 Å². The van der Waals surface area contributed by atoms with Crippen molar-refractivity contribution in [2.24, 2.45) is 5.41 Å². The highest BCUT2D eigenvalue weighted by Gasteiger charge is 2.47. The molecule has 41 heavy (non-hydrogen) atoms. The van der Waals surface area contributed by atoms with Gasteiger partial charge in [0.05, 0.1) is 32.5 Å². The minimum Gasteiger partial charge on any atom is -0.416 e. The summed E-state index contributed by atoms with van der Waals surface area (Å²) < 4.78 is 96.1. The third kappa shape index (κ3) is 7.66. The Hall–Kier alpha value is -2.52. The maximum Gasteiger partial charge on any atom is 0.394 e. The number of aliphatic hydroxyl groups is 1. The van der Waals surface area contributed by atoms with Gasteiger partial charge in [0.1, 0.15) is 9.84 Å². The van der Waals surface area contributed by atoms with Gasteiger partial charge in [-0.3, -0.25) is 9.48 Å². The first kappa shape index (κ1) is 33.0. The summed E-state index contributed by atoms with van der Waals surface area (Å²) in [6.45, 7) is 0.105. The van der Waals surface area contributed by atoms with Crippen LogP contribution in [0.15, 0.2) is 12.1 Å². The lowest BCUT2D eigenvalue weighted by Gasteiger charge is -2.35. The molecule has 0 aliphatic heterocycles. The molecule has 1 aliphatic carbocycles. The van der Waals surface area contributed by atoms with Gasteiger partial charge in [0.15, 0.2) is 5.69 Å². The average Bonchev–Trinajstić information content (AvgIpc) is 3.17. The minimum atomic E-state index is -4.58. The second-order valence-electron chi connectivity index (χ2n) is 10.9. The Labute approximate surface area is 239 Å². The fraction of sp³-hybridized carbons (Fsp3) is 0.640. The predicted molar refractivity (Wildman–Crippen MR) is 141 cm³/mol. The SMILES string of the molecule is CCn1nc(C(=O)NCC2(O)CCC(S(C)(=O)=O)CC2)c(Cl)c1-c1ccc(CC(C)(C)C(F)(F)F)nc1OC(F)F. The van der Waals surface area contributed by atoms with Crippen molar-refractivity contribution < 1.29 is 45.0 Å². The minimum absolute atomic E-state index is 0.0172. The zero-order valence-corrected chi connectivity index (χ0v) is 24.4. The van der Waals surface area contributed by atoms with E-state index < -0.39 is 57.1 Å². The number of hydrogen-bond acceptors (Lipinski definition) is 7. The fourth-order valence-electron chi connectivity index (χ4n) is 4.62. The van der Waals surface area contributed by atoms with Crippen molar-refractivity contribution >= 4 is 27.3 Å². The van der Waals surface area contributed by atoms with Gasteiger partial charge in [0.25, 0.3) is 5.91 Å². The predicted octanol–water partition coefficient (Wildman–Crippen LogP) is 4.80. The number of ether oxygens (including phenoxy) is 1. The molecule has 0 radical (unpaired) electrons. The summed E-state index contributed by atoms with van der Waals surface area (Å²) in [6, 6.07) is 2.46. The lowest BCUT2D eigenvalue weighted by atomic mass is 9.84. The molecule has 2 aromatic heterocycles. The third-order valence-corrected chi connectivity index (χ3v) is 9.26. The van der Waals surface area contributed by atoms with Crippen LogP contribution < -0.4 is 10.1 Å². The lowest BCUT2D eigenvalue weighted by molar-refractivity contribution is -0.211. The molecule has 0 unspecified atom stereocenters. The fourth-order valence-corrected chi connectivity index (χ4v) is 6.03. The molecule has 2 aromatic rings. The Morgan fingerprint density at radius 1 is 1.27 bits per heavy atom. The Kier molecular flexibility index (Phi) is 9.65. The first-order valence-electron chi connectivity index (χ1n) is 12.8. The molecule has 0 aromatic carbocycles. The molecular formula is C25H32ClF5N4O5S. The van der Waals surface area contributed by atoms with Crippen LogP contribution in [-0.2, 0) is 22.8 Å². The number of pyridine rings is 1. The monoisotopic (exact) mass is 630 g/mol. The summed E-state index contributed by atoms with van der Waals surface area (Å²) in [4.78, 5) is 16.9. The Balaban J connectivity index is 1.89. The van der Waals surface area contributed by atoms with Crippen LogP contribution in [-0.4, -0.2) is 70.6 Å². The summed E-state index contributed by atoms with van der Waals surface area (Å²) >= 11 is 6.48. The highest BCUT2D eigenvalue weighted by atomic mass is 35.5.